The number of piperidine rings is 1. The van der Waals surface area contributed by atoms with Crippen LogP contribution in [-0.2, 0) is 11.2 Å². The lowest BCUT2D eigenvalue weighted by Crippen LogP contribution is -2.39. The molecule has 1 saturated heterocycles. The molecule has 1 amide bonds. The van der Waals surface area contributed by atoms with Crippen molar-refractivity contribution in [3.05, 3.63) is 41.4 Å². The van der Waals surface area contributed by atoms with Gasteiger partial charge in [-0.15, -0.1) is 11.3 Å². The standard InChI is InChI=1S/C18H18F2N2OS/c1-17-7-8-22(10-14(17)18(17,19)20)15(23)9-13-11-24-16(21-13)12-5-3-2-4-6-12/h2-6,11,14H,7-10H2,1H3/t14-,17-/m1/s1. The van der Waals surface area contributed by atoms with Gasteiger partial charge in [-0.25, -0.2) is 13.8 Å². The minimum absolute atomic E-state index is 0.107. The van der Waals surface area contributed by atoms with Gasteiger partial charge in [0.05, 0.1) is 18.0 Å². The van der Waals surface area contributed by atoms with Crippen LogP contribution in [0.25, 0.3) is 10.6 Å². The van der Waals surface area contributed by atoms with Gasteiger partial charge < -0.3 is 4.90 Å². The number of fused-ring (bicyclic) bond motifs is 1. The van der Waals surface area contributed by atoms with Crippen LogP contribution in [0.15, 0.2) is 35.7 Å². The van der Waals surface area contributed by atoms with Crippen LogP contribution in [-0.4, -0.2) is 34.8 Å². The molecule has 0 N–H and O–H groups in total. The van der Waals surface area contributed by atoms with Gasteiger partial charge in [0.15, 0.2) is 0 Å². The fraction of sp³-hybridized carbons (Fsp3) is 0.444. The third kappa shape index (κ3) is 2.35. The van der Waals surface area contributed by atoms with Gasteiger partial charge in [-0.1, -0.05) is 37.3 Å². The highest BCUT2D eigenvalue weighted by atomic mass is 32.1. The van der Waals surface area contributed by atoms with E-state index in [4.69, 9.17) is 0 Å². The second-order valence-electron chi connectivity index (χ2n) is 6.87. The normalized spacial score (nSPS) is 27.6. The van der Waals surface area contributed by atoms with Crippen molar-refractivity contribution in [1.29, 1.82) is 0 Å². The molecular weight excluding hydrogens is 330 g/mol. The molecule has 6 heteroatoms. The molecule has 2 heterocycles. The molecule has 3 nitrogen and oxygen atoms in total. The average molecular weight is 348 g/mol. The topological polar surface area (TPSA) is 33.2 Å². The molecule has 1 aliphatic heterocycles. The van der Waals surface area contributed by atoms with Crippen LogP contribution in [0, 0.1) is 11.3 Å². The number of amides is 1. The molecule has 2 fully saturated rings. The Kier molecular flexibility index (Phi) is 3.49. The van der Waals surface area contributed by atoms with Crippen LogP contribution < -0.4 is 0 Å². The van der Waals surface area contributed by atoms with Crippen molar-refractivity contribution in [2.75, 3.05) is 13.1 Å². The van der Waals surface area contributed by atoms with E-state index in [1.807, 2.05) is 35.7 Å². The summed E-state index contributed by atoms with van der Waals surface area (Å²) in [6.45, 7) is 2.21. The first-order chi connectivity index (χ1) is 11.4. The van der Waals surface area contributed by atoms with Crippen molar-refractivity contribution >= 4 is 17.2 Å². The molecule has 126 valence electrons. The summed E-state index contributed by atoms with van der Waals surface area (Å²) in [6.07, 6.45) is 0.557. The summed E-state index contributed by atoms with van der Waals surface area (Å²) in [4.78, 5) is 18.5. The lowest BCUT2D eigenvalue weighted by atomic mass is 9.97. The summed E-state index contributed by atoms with van der Waals surface area (Å²) in [5, 5.41) is 2.75. The van der Waals surface area contributed by atoms with Crippen LogP contribution in [0.2, 0.25) is 0 Å². The molecule has 2 aromatic rings. The number of carbonyl (C=O) groups excluding carboxylic acids is 1. The molecule has 2 atom stereocenters. The predicted octanol–water partition coefficient (Wildman–Crippen LogP) is 3.86. The van der Waals surface area contributed by atoms with Gasteiger partial charge in [0, 0.05) is 29.4 Å². The number of alkyl halides is 2. The Balaban J connectivity index is 1.42. The number of nitrogens with zero attached hydrogens (tertiary/aromatic N) is 2. The zero-order valence-electron chi connectivity index (χ0n) is 13.3. The van der Waals surface area contributed by atoms with Gasteiger partial charge in [0.2, 0.25) is 5.91 Å². The van der Waals surface area contributed by atoms with Crippen molar-refractivity contribution in [3.8, 4) is 10.6 Å². The quantitative estimate of drug-likeness (QED) is 0.844. The van der Waals surface area contributed by atoms with E-state index in [0.717, 1.165) is 10.6 Å². The first kappa shape index (κ1) is 15.7. The number of hydrogen-bond acceptors (Lipinski definition) is 3. The van der Waals surface area contributed by atoms with E-state index in [0.29, 0.717) is 18.7 Å². The van der Waals surface area contributed by atoms with Crippen molar-refractivity contribution in [2.24, 2.45) is 11.3 Å². The molecular formula is C18H18F2N2OS. The maximum Gasteiger partial charge on any atom is 0.259 e. The highest BCUT2D eigenvalue weighted by molar-refractivity contribution is 7.13. The molecule has 4 rings (SSSR count). The summed E-state index contributed by atoms with van der Waals surface area (Å²) in [5.74, 6) is -3.41. The molecule has 2 aliphatic rings. The van der Waals surface area contributed by atoms with Crippen molar-refractivity contribution in [3.63, 3.8) is 0 Å². The van der Waals surface area contributed by atoms with E-state index in [2.05, 4.69) is 4.98 Å². The first-order valence-electron chi connectivity index (χ1n) is 8.07. The smallest absolute Gasteiger partial charge is 0.259 e. The second kappa shape index (κ2) is 5.34. The van der Waals surface area contributed by atoms with Crippen LogP contribution in [0.3, 0.4) is 0 Å². The fourth-order valence-corrected chi connectivity index (χ4v) is 4.43. The molecule has 1 aromatic carbocycles. The number of thiazole rings is 1. The Bertz CT molecular complexity index is 776. The number of likely N-dealkylation sites (tertiary alicyclic amines) is 1. The van der Waals surface area contributed by atoms with E-state index < -0.39 is 17.3 Å². The highest BCUT2D eigenvalue weighted by Gasteiger charge is 2.78. The highest BCUT2D eigenvalue weighted by Crippen LogP contribution is 2.69. The van der Waals surface area contributed by atoms with Crippen LogP contribution in [0.1, 0.15) is 19.0 Å². The van der Waals surface area contributed by atoms with Crippen molar-refractivity contribution < 1.29 is 13.6 Å². The molecule has 0 radical (unpaired) electrons. The Labute approximate surface area is 143 Å². The third-order valence-corrected chi connectivity index (χ3v) is 6.39. The Morgan fingerprint density at radius 2 is 2.12 bits per heavy atom. The summed E-state index contributed by atoms with van der Waals surface area (Å²) in [7, 11) is 0. The van der Waals surface area contributed by atoms with Gasteiger partial charge in [-0.2, -0.15) is 0 Å². The van der Waals surface area contributed by atoms with Crippen LogP contribution >= 0.6 is 11.3 Å². The first-order valence-corrected chi connectivity index (χ1v) is 8.95. The number of halogens is 2. The van der Waals surface area contributed by atoms with Gasteiger partial charge in [0.25, 0.3) is 5.92 Å². The lowest BCUT2D eigenvalue weighted by molar-refractivity contribution is -0.131. The molecule has 1 aromatic heterocycles. The Hall–Kier alpha value is -1.82. The molecule has 0 bridgehead atoms. The molecule has 0 unspecified atom stereocenters. The van der Waals surface area contributed by atoms with E-state index in [1.165, 1.54) is 11.3 Å². The maximum absolute atomic E-state index is 13.8. The third-order valence-electron chi connectivity index (χ3n) is 5.45. The number of aromatic nitrogens is 1. The Morgan fingerprint density at radius 1 is 1.38 bits per heavy atom. The SMILES string of the molecule is C[C@@]12CCN(C(=O)Cc3csc(-c4ccccc4)n3)C[C@H]1C2(F)F. The Morgan fingerprint density at radius 3 is 2.83 bits per heavy atom. The van der Waals surface area contributed by atoms with Gasteiger partial charge in [0.1, 0.15) is 5.01 Å². The summed E-state index contributed by atoms with van der Waals surface area (Å²) in [5.41, 5.74) is 0.831. The largest absolute Gasteiger partial charge is 0.342 e. The van der Waals surface area contributed by atoms with Crippen LogP contribution in [0.5, 0.6) is 0 Å². The number of benzene rings is 1. The average Bonchev–Trinajstić information content (AvgIpc) is 2.91. The number of hydrogen-bond donors (Lipinski definition) is 0. The van der Waals surface area contributed by atoms with Crippen molar-refractivity contribution in [2.45, 2.75) is 25.7 Å². The molecule has 1 aliphatic carbocycles. The zero-order chi connectivity index (χ0) is 16.9. The molecule has 0 spiro atoms. The van der Waals surface area contributed by atoms with Gasteiger partial charge in [-0.3, -0.25) is 4.79 Å². The molecule has 24 heavy (non-hydrogen) atoms. The maximum atomic E-state index is 13.8. The minimum Gasteiger partial charge on any atom is -0.342 e. The summed E-state index contributed by atoms with van der Waals surface area (Å²) in [6, 6.07) is 9.79. The van der Waals surface area contributed by atoms with E-state index in [-0.39, 0.29) is 18.9 Å². The van der Waals surface area contributed by atoms with E-state index in [1.54, 1.807) is 11.8 Å². The monoisotopic (exact) mass is 348 g/mol. The number of carbonyl (C=O) groups is 1. The molecule has 1 saturated carbocycles. The minimum atomic E-state index is -2.62. The predicted molar refractivity (Wildman–Crippen MR) is 89.0 cm³/mol. The lowest BCUT2D eigenvalue weighted by Gasteiger charge is -2.28. The van der Waals surface area contributed by atoms with E-state index >= 15 is 0 Å². The number of rotatable bonds is 3. The second-order valence-corrected chi connectivity index (χ2v) is 7.73. The van der Waals surface area contributed by atoms with Crippen LogP contribution in [0.4, 0.5) is 8.78 Å². The van der Waals surface area contributed by atoms with Gasteiger partial charge in [-0.05, 0) is 6.42 Å². The summed E-state index contributed by atoms with van der Waals surface area (Å²) >= 11 is 1.50. The van der Waals surface area contributed by atoms with Crippen molar-refractivity contribution in [1.82, 2.24) is 9.88 Å². The fourth-order valence-electron chi connectivity index (χ4n) is 3.60. The zero-order valence-corrected chi connectivity index (χ0v) is 14.2. The summed E-state index contributed by atoms with van der Waals surface area (Å²) < 4.78 is 27.6. The van der Waals surface area contributed by atoms with E-state index in [9.17, 15) is 13.6 Å². The van der Waals surface area contributed by atoms with Gasteiger partial charge >= 0.3 is 0 Å².